The molecule has 126 valence electrons. The second-order valence-electron chi connectivity index (χ2n) is 5.27. The minimum Gasteiger partial charge on any atom is -0.328 e. The van der Waals surface area contributed by atoms with Crippen molar-refractivity contribution in [3.8, 4) is 0 Å². The van der Waals surface area contributed by atoms with Crippen LogP contribution in [0.5, 0.6) is 0 Å². The van der Waals surface area contributed by atoms with E-state index in [0.29, 0.717) is 13.0 Å². The molecular weight excluding hydrogens is 337 g/mol. The second-order valence-corrected chi connectivity index (χ2v) is 7.29. The maximum Gasteiger partial charge on any atom is 0.261 e. The van der Waals surface area contributed by atoms with Gasteiger partial charge in [-0.2, -0.15) is 0 Å². The summed E-state index contributed by atoms with van der Waals surface area (Å²) in [7, 11) is -3.41. The van der Waals surface area contributed by atoms with Gasteiger partial charge in [0.2, 0.25) is 10.0 Å². The maximum absolute atomic E-state index is 14.0. The average molecular weight is 351 g/mol. The lowest BCUT2D eigenvalue weighted by Gasteiger charge is -2.18. The summed E-state index contributed by atoms with van der Waals surface area (Å²) in [6.45, 7) is 0.305. The van der Waals surface area contributed by atoms with Crippen LogP contribution in [0.4, 0.5) is 15.8 Å². The molecule has 2 heterocycles. The van der Waals surface area contributed by atoms with E-state index in [0.717, 1.165) is 6.07 Å². The largest absolute Gasteiger partial charge is 0.328 e. The Morgan fingerprint density at radius 1 is 1.29 bits per heavy atom. The zero-order valence-electron chi connectivity index (χ0n) is 12.5. The third kappa shape index (κ3) is 3.02. The van der Waals surface area contributed by atoms with Crippen molar-refractivity contribution in [3.63, 3.8) is 0 Å². The van der Waals surface area contributed by atoms with E-state index in [1.807, 2.05) is 0 Å². The molecule has 2 N–H and O–H groups in total. The molecule has 1 aromatic heterocycles. The fourth-order valence-electron chi connectivity index (χ4n) is 2.48. The highest BCUT2D eigenvalue weighted by molar-refractivity contribution is 7.93. The van der Waals surface area contributed by atoms with Crippen molar-refractivity contribution in [2.24, 2.45) is 0 Å². The van der Waals surface area contributed by atoms with Crippen molar-refractivity contribution in [1.82, 2.24) is 4.98 Å². The van der Waals surface area contributed by atoms with Crippen LogP contribution < -0.4 is 15.2 Å². The average Bonchev–Trinajstić information content (AvgIpc) is 2.89. The monoisotopic (exact) mass is 351 g/mol. The normalized spacial score (nSPS) is 16.1. The zero-order chi connectivity index (χ0) is 17.3. The fraction of sp³-hybridized carbons (Fsp3) is 0.200. The van der Waals surface area contributed by atoms with Gasteiger partial charge in [0.25, 0.3) is 11.5 Å². The molecule has 0 spiro atoms. The van der Waals surface area contributed by atoms with Crippen LogP contribution in [0, 0.1) is 5.82 Å². The molecule has 0 bridgehead atoms. The molecule has 0 atom stereocenters. The summed E-state index contributed by atoms with van der Waals surface area (Å²) in [6.07, 6.45) is 1.86. The van der Waals surface area contributed by atoms with Crippen LogP contribution in [0.15, 0.2) is 41.3 Å². The number of hydrogen-bond acceptors (Lipinski definition) is 4. The summed E-state index contributed by atoms with van der Waals surface area (Å²) in [6, 6.07) is 6.44. The van der Waals surface area contributed by atoms with Crippen LogP contribution in [0.1, 0.15) is 16.8 Å². The number of halogens is 1. The highest BCUT2D eigenvalue weighted by Crippen LogP contribution is 2.28. The number of aromatic amines is 1. The predicted molar refractivity (Wildman–Crippen MR) is 87.2 cm³/mol. The van der Waals surface area contributed by atoms with Gasteiger partial charge in [-0.15, -0.1) is 0 Å². The molecule has 2 aromatic rings. The molecule has 1 aromatic carbocycles. The third-order valence-corrected chi connectivity index (χ3v) is 5.52. The Morgan fingerprint density at radius 2 is 2.08 bits per heavy atom. The van der Waals surface area contributed by atoms with Gasteiger partial charge in [-0.05, 0) is 36.8 Å². The van der Waals surface area contributed by atoms with Crippen LogP contribution in [0.3, 0.4) is 0 Å². The van der Waals surface area contributed by atoms with Crippen molar-refractivity contribution < 1.29 is 17.6 Å². The fourth-order valence-corrected chi connectivity index (χ4v) is 4.04. The maximum atomic E-state index is 14.0. The Morgan fingerprint density at radius 3 is 2.75 bits per heavy atom. The molecule has 7 nitrogen and oxygen atoms in total. The van der Waals surface area contributed by atoms with Crippen molar-refractivity contribution in [3.05, 3.63) is 58.3 Å². The summed E-state index contributed by atoms with van der Waals surface area (Å²) < 4.78 is 39.0. The van der Waals surface area contributed by atoms with Gasteiger partial charge in [0, 0.05) is 12.7 Å². The molecule has 0 unspecified atom stereocenters. The molecule has 0 aliphatic carbocycles. The first kappa shape index (κ1) is 16.2. The number of hydrogen-bond donors (Lipinski definition) is 2. The van der Waals surface area contributed by atoms with Gasteiger partial charge in [0.15, 0.2) is 0 Å². The van der Waals surface area contributed by atoms with Crippen molar-refractivity contribution in [2.45, 2.75) is 6.42 Å². The molecule has 1 aliphatic heterocycles. The van der Waals surface area contributed by atoms with Gasteiger partial charge in [-0.25, -0.2) is 12.8 Å². The van der Waals surface area contributed by atoms with E-state index in [-0.39, 0.29) is 22.7 Å². The number of anilines is 2. The van der Waals surface area contributed by atoms with E-state index in [1.165, 1.54) is 34.8 Å². The molecule has 0 radical (unpaired) electrons. The minimum atomic E-state index is -3.41. The highest BCUT2D eigenvalue weighted by Gasteiger charge is 2.29. The number of aromatic nitrogens is 1. The van der Waals surface area contributed by atoms with Crippen LogP contribution in [0.2, 0.25) is 0 Å². The molecular formula is C15H14FN3O4S. The molecule has 24 heavy (non-hydrogen) atoms. The number of rotatable bonds is 3. The van der Waals surface area contributed by atoms with Gasteiger partial charge in [0.05, 0.1) is 17.1 Å². The molecule has 1 aliphatic rings. The lowest BCUT2D eigenvalue weighted by atomic mass is 10.2. The number of H-pyrrole nitrogens is 1. The Hall–Kier alpha value is -2.68. The van der Waals surface area contributed by atoms with Crippen LogP contribution in [0.25, 0.3) is 0 Å². The summed E-state index contributed by atoms with van der Waals surface area (Å²) >= 11 is 0. The zero-order valence-corrected chi connectivity index (χ0v) is 13.3. The SMILES string of the molecule is O=C(Nc1cc(N2CCCS2(=O)=O)ccc1F)c1ccc[nH]c1=O. The number of sulfonamides is 1. The van der Waals surface area contributed by atoms with E-state index in [4.69, 9.17) is 0 Å². The molecule has 1 saturated heterocycles. The summed E-state index contributed by atoms with van der Waals surface area (Å²) in [5, 5.41) is 2.30. The summed E-state index contributed by atoms with van der Waals surface area (Å²) in [5.41, 5.74) is -0.696. The Labute approximate surface area is 137 Å². The van der Waals surface area contributed by atoms with E-state index in [1.54, 1.807) is 0 Å². The van der Waals surface area contributed by atoms with Gasteiger partial charge >= 0.3 is 0 Å². The summed E-state index contributed by atoms with van der Waals surface area (Å²) in [4.78, 5) is 26.1. The number of nitrogens with zero attached hydrogens (tertiary/aromatic N) is 1. The lowest BCUT2D eigenvalue weighted by molar-refractivity contribution is 0.102. The number of carbonyl (C=O) groups is 1. The van der Waals surface area contributed by atoms with Gasteiger partial charge in [0.1, 0.15) is 11.4 Å². The third-order valence-electron chi connectivity index (χ3n) is 3.65. The number of carbonyl (C=O) groups excluding carboxylic acids is 1. The van der Waals surface area contributed by atoms with E-state index < -0.39 is 27.3 Å². The Balaban J connectivity index is 1.92. The smallest absolute Gasteiger partial charge is 0.261 e. The first-order valence-corrected chi connectivity index (χ1v) is 8.78. The van der Waals surface area contributed by atoms with Crippen molar-refractivity contribution in [1.29, 1.82) is 0 Å². The topological polar surface area (TPSA) is 99.3 Å². The van der Waals surface area contributed by atoms with Gasteiger partial charge in [-0.1, -0.05) is 0 Å². The number of pyridine rings is 1. The Bertz CT molecular complexity index is 955. The molecule has 1 amide bonds. The van der Waals surface area contributed by atoms with Gasteiger partial charge in [-0.3, -0.25) is 13.9 Å². The van der Waals surface area contributed by atoms with Crippen LogP contribution in [-0.4, -0.2) is 31.6 Å². The van der Waals surface area contributed by atoms with E-state index in [2.05, 4.69) is 10.3 Å². The first-order valence-electron chi connectivity index (χ1n) is 7.17. The Kier molecular flexibility index (Phi) is 4.10. The highest BCUT2D eigenvalue weighted by atomic mass is 32.2. The predicted octanol–water partition coefficient (Wildman–Crippen LogP) is 1.31. The first-order chi connectivity index (χ1) is 11.4. The summed E-state index contributed by atoms with van der Waals surface area (Å²) in [5.74, 6) is -1.47. The minimum absolute atomic E-state index is 0.0332. The van der Waals surface area contributed by atoms with E-state index in [9.17, 15) is 22.4 Å². The molecule has 9 heteroatoms. The standard InChI is InChI=1S/C15H14FN3O4S/c16-12-5-4-10(19-7-2-8-24(19,22)23)9-13(12)18-15(21)11-3-1-6-17-14(11)20/h1,3-6,9H,2,7-8H2,(H,17,20)(H,18,21). The van der Waals surface area contributed by atoms with E-state index >= 15 is 0 Å². The quantitative estimate of drug-likeness (QED) is 0.871. The van der Waals surface area contributed by atoms with Gasteiger partial charge < -0.3 is 10.3 Å². The van der Waals surface area contributed by atoms with Crippen molar-refractivity contribution in [2.75, 3.05) is 21.9 Å². The number of benzene rings is 1. The molecule has 3 rings (SSSR count). The number of amides is 1. The van der Waals surface area contributed by atoms with Crippen LogP contribution in [-0.2, 0) is 10.0 Å². The van der Waals surface area contributed by atoms with Crippen molar-refractivity contribution >= 4 is 27.3 Å². The molecule has 0 saturated carbocycles. The number of nitrogens with one attached hydrogen (secondary N) is 2. The molecule has 1 fully saturated rings. The second kappa shape index (κ2) is 6.08. The van der Waals surface area contributed by atoms with Crippen LogP contribution >= 0.6 is 0 Å². The lowest BCUT2D eigenvalue weighted by Crippen LogP contribution is -2.26.